The van der Waals surface area contributed by atoms with E-state index in [-0.39, 0.29) is 5.91 Å². The second-order valence-corrected chi connectivity index (χ2v) is 4.81. The maximum absolute atomic E-state index is 12.1. The minimum atomic E-state index is -0.125. The van der Waals surface area contributed by atoms with Crippen LogP contribution in [0.5, 0.6) is 0 Å². The predicted octanol–water partition coefficient (Wildman–Crippen LogP) is 2.54. The highest BCUT2D eigenvalue weighted by Crippen LogP contribution is 2.07. The van der Waals surface area contributed by atoms with Crippen molar-refractivity contribution in [2.45, 2.75) is 26.8 Å². The number of aryl methyl sites for hydroxylation is 1. The molecule has 0 saturated heterocycles. The van der Waals surface area contributed by atoms with Gasteiger partial charge >= 0.3 is 0 Å². The highest BCUT2D eigenvalue weighted by molar-refractivity contribution is 5.94. The van der Waals surface area contributed by atoms with Crippen molar-refractivity contribution >= 4 is 11.7 Å². The van der Waals surface area contributed by atoms with Crippen molar-refractivity contribution in [3.8, 4) is 0 Å². The molecule has 5 heteroatoms. The summed E-state index contributed by atoms with van der Waals surface area (Å²) in [6, 6.07) is 9.22. The summed E-state index contributed by atoms with van der Waals surface area (Å²) in [5.74, 6) is 0.596. The van der Waals surface area contributed by atoms with Crippen molar-refractivity contribution in [1.82, 2.24) is 15.3 Å². The van der Waals surface area contributed by atoms with Gasteiger partial charge in [0.1, 0.15) is 5.82 Å². The molecule has 0 aromatic carbocycles. The van der Waals surface area contributed by atoms with Gasteiger partial charge < -0.3 is 10.6 Å². The molecule has 5 nitrogen and oxygen atoms in total. The lowest BCUT2D eigenvalue weighted by Gasteiger charge is -2.08. The standard InChI is InChI=1S/C16H20N4O/c1-3-8-17-15-10-13(7-9-18-15)16(21)19-11-14-6-4-5-12(2)20-14/h4-7,9-10H,3,8,11H2,1-2H3,(H,17,18)(H,19,21). The summed E-state index contributed by atoms with van der Waals surface area (Å²) in [6.07, 6.45) is 2.65. The number of anilines is 1. The minimum absolute atomic E-state index is 0.125. The van der Waals surface area contributed by atoms with Crippen LogP contribution in [-0.4, -0.2) is 22.4 Å². The lowest BCUT2D eigenvalue weighted by Crippen LogP contribution is -2.23. The third kappa shape index (κ3) is 4.56. The highest BCUT2D eigenvalue weighted by Gasteiger charge is 2.07. The predicted molar refractivity (Wildman–Crippen MR) is 83.2 cm³/mol. The number of hydrogen-bond acceptors (Lipinski definition) is 4. The number of nitrogens with one attached hydrogen (secondary N) is 2. The third-order valence-corrected chi connectivity index (χ3v) is 2.95. The lowest BCUT2D eigenvalue weighted by molar-refractivity contribution is 0.0950. The summed E-state index contributed by atoms with van der Waals surface area (Å²) in [6.45, 7) is 5.27. The van der Waals surface area contributed by atoms with Crippen LogP contribution in [0.15, 0.2) is 36.5 Å². The summed E-state index contributed by atoms with van der Waals surface area (Å²) >= 11 is 0. The molecule has 110 valence electrons. The van der Waals surface area contributed by atoms with E-state index in [0.29, 0.717) is 12.1 Å². The average Bonchev–Trinajstić information content (AvgIpc) is 2.51. The number of rotatable bonds is 6. The van der Waals surface area contributed by atoms with Crippen LogP contribution >= 0.6 is 0 Å². The first-order valence-corrected chi connectivity index (χ1v) is 7.09. The second-order valence-electron chi connectivity index (χ2n) is 4.81. The van der Waals surface area contributed by atoms with Gasteiger partial charge in [-0.3, -0.25) is 9.78 Å². The molecule has 0 aliphatic rings. The molecule has 0 spiro atoms. The molecule has 0 unspecified atom stereocenters. The fourth-order valence-corrected chi connectivity index (χ4v) is 1.89. The molecule has 21 heavy (non-hydrogen) atoms. The molecule has 2 aromatic heterocycles. The number of carbonyl (C=O) groups is 1. The number of aromatic nitrogens is 2. The van der Waals surface area contributed by atoms with Crippen LogP contribution in [0.4, 0.5) is 5.82 Å². The summed E-state index contributed by atoms with van der Waals surface area (Å²) < 4.78 is 0. The summed E-state index contributed by atoms with van der Waals surface area (Å²) in [5.41, 5.74) is 2.38. The van der Waals surface area contributed by atoms with E-state index in [1.54, 1.807) is 18.3 Å². The quantitative estimate of drug-likeness (QED) is 0.855. The topological polar surface area (TPSA) is 66.9 Å². The number of amides is 1. The van der Waals surface area contributed by atoms with E-state index in [2.05, 4.69) is 27.5 Å². The first-order valence-electron chi connectivity index (χ1n) is 7.09. The molecule has 2 aromatic rings. The van der Waals surface area contributed by atoms with Gasteiger partial charge in [0.2, 0.25) is 0 Å². The van der Waals surface area contributed by atoms with Crippen molar-refractivity contribution < 1.29 is 4.79 Å². The number of hydrogen-bond donors (Lipinski definition) is 2. The van der Waals surface area contributed by atoms with Crippen molar-refractivity contribution in [2.24, 2.45) is 0 Å². The van der Waals surface area contributed by atoms with Crippen molar-refractivity contribution in [2.75, 3.05) is 11.9 Å². The van der Waals surface area contributed by atoms with Crippen LogP contribution in [0.3, 0.4) is 0 Å². The summed E-state index contributed by atoms with van der Waals surface area (Å²) in [7, 11) is 0. The molecule has 0 bridgehead atoms. The van der Waals surface area contributed by atoms with E-state index in [1.165, 1.54) is 0 Å². The van der Waals surface area contributed by atoms with Gasteiger partial charge in [-0.15, -0.1) is 0 Å². The largest absolute Gasteiger partial charge is 0.370 e. The zero-order chi connectivity index (χ0) is 15.1. The van der Waals surface area contributed by atoms with Gasteiger partial charge in [-0.1, -0.05) is 13.0 Å². The highest BCUT2D eigenvalue weighted by atomic mass is 16.1. The molecule has 0 saturated carbocycles. The van der Waals surface area contributed by atoms with Gasteiger partial charge in [-0.2, -0.15) is 0 Å². The van der Waals surface area contributed by atoms with Gasteiger partial charge in [0.25, 0.3) is 5.91 Å². The molecule has 0 fully saturated rings. The Hall–Kier alpha value is -2.43. The van der Waals surface area contributed by atoms with Crippen molar-refractivity contribution in [3.63, 3.8) is 0 Å². The van der Waals surface area contributed by atoms with Crippen LogP contribution in [0, 0.1) is 6.92 Å². The minimum Gasteiger partial charge on any atom is -0.370 e. The smallest absolute Gasteiger partial charge is 0.251 e. The summed E-state index contributed by atoms with van der Waals surface area (Å²) in [5, 5.41) is 6.04. The number of nitrogens with zero attached hydrogens (tertiary/aromatic N) is 2. The number of carbonyl (C=O) groups excluding carboxylic acids is 1. The third-order valence-electron chi connectivity index (χ3n) is 2.95. The van der Waals surface area contributed by atoms with E-state index in [9.17, 15) is 4.79 Å². The Kier molecular flexibility index (Phi) is 5.26. The molecule has 2 heterocycles. The Labute approximate surface area is 124 Å². The zero-order valence-corrected chi connectivity index (χ0v) is 12.4. The van der Waals surface area contributed by atoms with Crippen LogP contribution in [-0.2, 0) is 6.54 Å². The monoisotopic (exact) mass is 284 g/mol. The van der Waals surface area contributed by atoms with Crippen LogP contribution in [0.2, 0.25) is 0 Å². The Balaban J connectivity index is 1.96. The van der Waals surface area contributed by atoms with E-state index >= 15 is 0 Å². The Morgan fingerprint density at radius 1 is 1.29 bits per heavy atom. The van der Waals surface area contributed by atoms with Gasteiger partial charge in [0.05, 0.1) is 12.2 Å². The van der Waals surface area contributed by atoms with Crippen LogP contribution < -0.4 is 10.6 Å². The normalized spacial score (nSPS) is 10.2. The van der Waals surface area contributed by atoms with E-state index in [0.717, 1.165) is 30.2 Å². The molecular formula is C16H20N4O. The number of pyridine rings is 2. The summed E-state index contributed by atoms with van der Waals surface area (Å²) in [4.78, 5) is 20.7. The van der Waals surface area contributed by atoms with E-state index < -0.39 is 0 Å². The second kappa shape index (κ2) is 7.38. The Morgan fingerprint density at radius 3 is 2.90 bits per heavy atom. The van der Waals surface area contributed by atoms with Gasteiger partial charge in [-0.25, -0.2) is 4.98 Å². The SMILES string of the molecule is CCCNc1cc(C(=O)NCc2cccc(C)n2)ccn1. The van der Waals surface area contributed by atoms with Gasteiger partial charge in [-0.05, 0) is 37.6 Å². The van der Waals surface area contributed by atoms with E-state index in [4.69, 9.17) is 0 Å². The molecular weight excluding hydrogens is 264 g/mol. The molecule has 2 rings (SSSR count). The van der Waals surface area contributed by atoms with Gasteiger partial charge in [0.15, 0.2) is 0 Å². The van der Waals surface area contributed by atoms with Crippen molar-refractivity contribution in [1.29, 1.82) is 0 Å². The molecule has 2 N–H and O–H groups in total. The van der Waals surface area contributed by atoms with E-state index in [1.807, 2.05) is 25.1 Å². The molecule has 0 radical (unpaired) electrons. The first-order chi connectivity index (χ1) is 10.2. The molecule has 0 aliphatic heterocycles. The Morgan fingerprint density at radius 2 is 2.14 bits per heavy atom. The van der Waals surface area contributed by atoms with Gasteiger partial charge in [0, 0.05) is 24.0 Å². The van der Waals surface area contributed by atoms with Crippen molar-refractivity contribution in [3.05, 3.63) is 53.5 Å². The maximum atomic E-state index is 12.1. The first kappa shape index (κ1) is 15.0. The lowest BCUT2D eigenvalue weighted by atomic mass is 10.2. The van der Waals surface area contributed by atoms with Crippen LogP contribution in [0.1, 0.15) is 35.1 Å². The molecule has 0 aliphatic carbocycles. The average molecular weight is 284 g/mol. The molecule has 0 atom stereocenters. The molecule has 1 amide bonds. The zero-order valence-electron chi connectivity index (χ0n) is 12.4. The Bertz CT molecular complexity index is 613. The fourth-order valence-electron chi connectivity index (χ4n) is 1.89. The maximum Gasteiger partial charge on any atom is 0.251 e. The van der Waals surface area contributed by atoms with Crippen LogP contribution in [0.25, 0.3) is 0 Å². The fraction of sp³-hybridized carbons (Fsp3) is 0.312.